The lowest BCUT2D eigenvalue weighted by atomic mass is 10.1. The second-order valence-corrected chi connectivity index (χ2v) is 6.14. The van der Waals surface area contributed by atoms with Gasteiger partial charge in [0.1, 0.15) is 17.1 Å². The molecular weight excluding hydrogens is 384 g/mol. The molecule has 150 valence electrons. The van der Waals surface area contributed by atoms with E-state index >= 15 is 0 Å². The molecule has 1 amide bonds. The van der Waals surface area contributed by atoms with Crippen molar-refractivity contribution in [3.05, 3.63) is 51.1 Å². The molecular formula is C17H16F4N4O3. The summed E-state index contributed by atoms with van der Waals surface area (Å²) in [4.78, 5) is 25.4. The first kappa shape index (κ1) is 19.8. The third kappa shape index (κ3) is 3.98. The largest absolute Gasteiger partial charge is 0.437 e. The van der Waals surface area contributed by atoms with E-state index in [0.717, 1.165) is 25.1 Å². The standard InChI is InChI=1S/C17H16F4N4O3/c1-9-13(17(19,20)21)14(26)23-24-15(9)28-10-2-3-12(18)11(8-10)16(27)25-6-4-22-5-7-25/h2-3,8,22H,4-7H2,1H3,(H,23,26). The van der Waals surface area contributed by atoms with Crippen molar-refractivity contribution in [1.82, 2.24) is 20.4 Å². The SMILES string of the molecule is Cc1c(Oc2ccc(F)c(C(=O)N3CCNCC3)c2)n[nH]c(=O)c1C(F)(F)F. The van der Waals surface area contributed by atoms with Crippen molar-refractivity contribution < 1.29 is 27.1 Å². The molecule has 0 bridgehead atoms. The smallest absolute Gasteiger partial charge is 0.422 e. The molecule has 1 aromatic carbocycles. The number of alkyl halides is 3. The average molecular weight is 400 g/mol. The van der Waals surface area contributed by atoms with E-state index in [4.69, 9.17) is 4.74 Å². The van der Waals surface area contributed by atoms with E-state index < -0.39 is 40.5 Å². The van der Waals surface area contributed by atoms with Crippen molar-refractivity contribution in [2.45, 2.75) is 13.1 Å². The van der Waals surface area contributed by atoms with Crippen LogP contribution in [-0.2, 0) is 6.18 Å². The summed E-state index contributed by atoms with van der Waals surface area (Å²) in [5, 5.41) is 8.27. The molecule has 0 aliphatic carbocycles. The van der Waals surface area contributed by atoms with Crippen LogP contribution in [0.15, 0.2) is 23.0 Å². The number of carbonyl (C=O) groups is 1. The van der Waals surface area contributed by atoms with Gasteiger partial charge in [0.15, 0.2) is 0 Å². The van der Waals surface area contributed by atoms with Crippen LogP contribution in [0.4, 0.5) is 17.6 Å². The van der Waals surface area contributed by atoms with E-state index in [1.165, 1.54) is 4.90 Å². The van der Waals surface area contributed by atoms with Gasteiger partial charge in [-0.15, -0.1) is 5.10 Å². The molecule has 1 fully saturated rings. The van der Waals surface area contributed by atoms with Gasteiger partial charge in [-0.25, -0.2) is 9.49 Å². The number of halogens is 4. The fourth-order valence-electron chi connectivity index (χ4n) is 2.84. The Labute approximate surface area is 156 Å². The summed E-state index contributed by atoms with van der Waals surface area (Å²) in [6.07, 6.45) is -4.90. The number of hydrogen-bond acceptors (Lipinski definition) is 5. The first-order chi connectivity index (χ1) is 13.2. The van der Waals surface area contributed by atoms with E-state index in [9.17, 15) is 27.2 Å². The molecule has 2 aromatic rings. The Bertz CT molecular complexity index is 952. The zero-order valence-electron chi connectivity index (χ0n) is 14.7. The second-order valence-electron chi connectivity index (χ2n) is 6.14. The highest BCUT2D eigenvalue weighted by molar-refractivity contribution is 5.95. The van der Waals surface area contributed by atoms with Gasteiger partial charge in [0.25, 0.3) is 11.5 Å². The molecule has 0 unspecified atom stereocenters. The first-order valence-corrected chi connectivity index (χ1v) is 8.32. The Morgan fingerprint density at radius 2 is 1.93 bits per heavy atom. The minimum atomic E-state index is -4.90. The summed E-state index contributed by atoms with van der Waals surface area (Å²) in [5.74, 6) is -1.92. The predicted molar refractivity (Wildman–Crippen MR) is 89.8 cm³/mol. The maximum absolute atomic E-state index is 14.1. The van der Waals surface area contributed by atoms with E-state index in [-0.39, 0.29) is 11.3 Å². The quantitative estimate of drug-likeness (QED) is 0.771. The molecule has 3 rings (SSSR count). The molecule has 1 aliphatic rings. The third-order valence-electron chi connectivity index (χ3n) is 4.25. The third-order valence-corrected chi connectivity index (χ3v) is 4.25. The molecule has 2 N–H and O–H groups in total. The van der Waals surface area contributed by atoms with Gasteiger partial charge < -0.3 is 15.0 Å². The predicted octanol–water partition coefficient (Wildman–Crippen LogP) is 2.07. The highest BCUT2D eigenvalue weighted by Gasteiger charge is 2.37. The molecule has 11 heteroatoms. The fourth-order valence-corrected chi connectivity index (χ4v) is 2.84. The average Bonchev–Trinajstić information content (AvgIpc) is 2.64. The number of nitrogens with one attached hydrogen (secondary N) is 2. The number of nitrogens with zero attached hydrogens (tertiary/aromatic N) is 2. The Hall–Kier alpha value is -2.95. The molecule has 0 spiro atoms. The van der Waals surface area contributed by atoms with Crippen LogP contribution in [0.25, 0.3) is 0 Å². The number of piperazine rings is 1. The molecule has 1 saturated heterocycles. The summed E-state index contributed by atoms with van der Waals surface area (Å²) < 4.78 is 58.6. The number of aromatic amines is 1. The summed E-state index contributed by atoms with van der Waals surface area (Å²) >= 11 is 0. The van der Waals surface area contributed by atoms with Crippen LogP contribution in [0.3, 0.4) is 0 Å². The van der Waals surface area contributed by atoms with Crippen molar-refractivity contribution in [3.8, 4) is 11.6 Å². The van der Waals surface area contributed by atoms with Crippen LogP contribution in [0.5, 0.6) is 11.6 Å². The molecule has 0 saturated carbocycles. The summed E-state index contributed by atoms with van der Waals surface area (Å²) in [7, 11) is 0. The molecule has 1 aromatic heterocycles. The van der Waals surface area contributed by atoms with Crippen LogP contribution in [-0.4, -0.2) is 47.2 Å². The Morgan fingerprint density at radius 1 is 1.25 bits per heavy atom. The number of hydrogen-bond donors (Lipinski definition) is 2. The maximum Gasteiger partial charge on any atom is 0.422 e. The topological polar surface area (TPSA) is 87.3 Å². The first-order valence-electron chi connectivity index (χ1n) is 8.32. The molecule has 1 aliphatic heterocycles. The van der Waals surface area contributed by atoms with Crippen LogP contribution >= 0.6 is 0 Å². The van der Waals surface area contributed by atoms with Gasteiger partial charge in [-0.1, -0.05) is 0 Å². The van der Waals surface area contributed by atoms with E-state index in [1.807, 2.05) is 0 Å². The van der Waals surface area contributed by atoms with Crippen molar-refractivity contribution >= 4 is 5.91 Å². The second kappa shape index (κ2) is 7.58. The Kier molecular flexibility index (Phi) is 5.36. The van der Waals surface area contributed by atoms with Crippen LogP contribution < -0.4 is 15.6 Å². The fraction of sp³-hybridized carbons (Fsp3) is 0.353. The number of benzene rings is 1. The molecule has 28 heavy (non-hydrogen) atoms. The lowest BCUT2D eigenvalue weighted by Gasteiger charge is -2.27. The van der Waals surface area contributed by atoms with Gasteiger partial charge in [-0.3, -0.25) is 9.59 Å². The monoisotopic (exact) mass is 400 g/mol. The van der Waals surface area contributed by atoms with Crippen molar-refractivity contribution in [2.24, 2.45) is 0 Å². The minimum absolute atomic E-state index is 0.0874. The summed E-state index contributed by atoms with van der Waals surface area (Å²) in [6.45, 7) is 2.99. The lowest BCUT2D eigenvalue weighted by Crippen LogP contribution is -2.46. The normalized spacial score (nSPS) is 14.8. The van der Waals surface area contributed by atoms with Crippen LogP contribution in [0.1, 0.15) is 21.5 Å². The van der Waals surface area contributed by atoms with Crippen LogP contribution in [0, 0.1) is 12.7 Å². The summed E-state index contributed by atoms with van der Waals surface area (Å²) in [5.41, 5.74) is -3.61. The van der Waals surface area contributed by atoms with Gasteiger partial charge in [0.05, 0.1) is 5.56 Å². The number of aromatic nitrogens is 2. The van der Waals surface area contributed by atoms with Gasteiger partial charge in [0.2, 0.25) is 5.88 Å². The molecule has 0 radical (unpaired) electrons. The maximum atomic E-state index is 14.1. The van der Waals surface area contributed by atoms with Crippen LogP contribution in [0.2, 0.25) is 0 Å². The number of rotatable bonds is 3. The number of amides is 1. The highest BCUT2D eigenvalue weighted by Crippen LogP contribution is 2.33. The van der Waals surface area contributed by atoms with E-state index in [0.29, 0.717) is 26.2 Å². The lowest BCUT2D eigenvalue weighted by molar-refractivity contribution is -0.139. The number of H-pyrrole nitrogens is 1. The van der Waals surface area contributed by atoms with Gasteiger partial charge in [0, 0.05) is 31.7 Å². The molecule has 2 heterocycles. The summed E-state index contributed by atoms with van der Waals surface area (Å²) in [6, 6.07) is 3.24. The van der Waals surface area contributed by atoms with Gasteiger partial charge in [-0.05, 0) is 25.1 Å². The van der Waals surface area contributed by atoms with Gasteiger partial charge >= 0.3 is 6.18 Å². The minimum Gasteiger partial charge on any atom is -0.437 e. The van der Waals surface area contributed by atoms with E-state index in [2.05, 4.69) is 10.4 Å². The number of ether oxygens (including phenoxy) is 1. The Balaban J connectivity index is 1.92. The highest BCUT2D eigenvalue weighted by atomic mass is 19.4. The van der Waals surface area contributed by atoms with Crippen molar-refractivity contribution in [3.63, 3.8) is 0 Å². The number of carbonyl (C=O) groups excluding carboxylic acids is 1. The van der Waals surface area contributed by atoms with Crippen molar-refractivity contribution in [1.29, 1.82) is 0 Å². The zero-order chi connectivity index (χ0) is 20.5. The molecule has 7 nitrogen and oxygen atoms in total. The van der Waals surface area contributed by atoms with E-state index in [1.54, 1.807) is 5.10 Å². The Morgan fingerprint density at radius 3 is 2.57 bits per heavy atom. The van der Waals surface area contributed by atoms with Gasteiger partial charge in [-0.2, -0.15) is 13.2 Å². The van der Waals surface area contributed by atoms with Crippen molar-refractivity contribution in [2.75, 3.05) is 26.2 Å². The zero-order valence-corrected chi connectivity index (χ0v) is 14.7. The molecule has 0 atom stereocenters.